The summed E-state index contributed by atoms with van der Waals surface area (Å²) in [7, 11) is 0. The molecule has 0 aliphatic carbocycles. The molecule has 16 heavy (non-hydrogen) atoms. The highest BCUT2D eigenvalue weighted by atomic mass is 19.1. The van der Waals surface area contributed by atoms with Gasteiger partial charge in [0.1, 0.15) is 6.04 Å². The van der Waals surface area contributed by atoms with Crippen LogP contribution in [0.3, 0.4) is 0 Å². The highest BCUT2D eigenvalue weighted by molar-refractivity contribution is 5.74. The van der Waals surface area contributed by atoms with Crippen molar-refractivity contribution in [2.24, 2.45) is 0 Å². The van der Waals surface area contributed by atoms with Crippen molar-refractivity contribution in [3.63, 3.8) is 0 Å². The van der Waals surface area contributed by atoms with Gasteiger partial charge in [0.2, 0.25) is 0 Å². The monoisotopic (exact) mass is 223 g/mol. The molecule has 1 rings (SSSR count). The van der Waals surface area contributed by atoms with Crippen molar-refractivity contribution in [2.75, 3.05) is 0 Å². The molecule has 0 amide bonds. The van der Waals surface area contributed by atoms with Crippen LogP contribution in [-0.4, -0.2) is 23.4 Å². The second-order valence-corrected chi connectivity index (χ2v) is 3.38. The number of nitrogens with one attached hydrogen (secondary N) is 1. The Bertz CT molecular complexity index is 353. The molecule has 0 aromatic heterocycles. The van der Waals surface area contributed by atoms with E-state index in [0.717, 1.165) is 11.6 Å². The molecule has 2 atom stereocenters. The van der Waals surface area contributed by atoms with E-state index in [0.29, 0.717) is 0 Å². The first kappa shape index (κ1) is 12.4. The predicted molar refractivity (Wildman–Crippen MR) is 59.8 cm³/mol. The van der Waals surface area contributed by atoms with Gasteiger partial charge in [-0.3, -0.25) is 10.1 Å². The van der Waals surface area contributed by atoms with Gasteiger partial charge >= 0.3 is 5.97 Å². The molecule has 0 heterocycles. The number of carboxylic acid groups (broad SMARTS) is 1. The van der Waals surface area contributed by atoms with E-state index in [4.69, 9.17) is 5.11 Å². The molecule has 1 aromatic rings. The van der Waals surface area contributed by atoms with Crippen LogP contribution in [0.4, 0.5) is 4.39 Å². The lowest BCUT2D eigenvalue weighted by Gasteiger charge is -2.15. The molecular weight excluding hydrogens is 209 g/mol. The van der Waals surface area contributed by atoms with Crippen molar-refractivity contribution >= 4 is 5.97 Å². The van der Waals surface area contributed by atoms with Crippen LogP contribution in [-0.2, 0) is 11.2 Å². The largest absolute Gasteiger partial charge is 0.480 e. The minimum absolute atomic E-state index is 0.241. The number of benzene rings is 1. The number of rotatable bonds is 6. The van der Waals surface area contributed by atoms with E-state index in [-0.39, 0.29) is 6.42 Å². The number of hydrogen-bond acceptors (Lipinski definition) is 2. The SMILES string of the molecule is C=CC(F)N[C@H](Cc1ccccc1)C(=O)O. The molecule has 86 valence electrons. The Balaban J connectivity index is 2.65. The van der Waals surface area contributed by atoms with Crippen LogP contribution in [0.5, 0.6) is 0 Å². The van der Waals surface area contributed by atoms with Crippen LogP contribution >= 0.6 is 0 Å². The van der Waals surface area contributed by atoms with E-state index in [1.54, 1.807) is 12.1 Å². The molecule has 0 fully saturated rings. The number of hydrogen-bond donors (Lipinski definition) is 2. The van der Waals surface area contributed by atoms with Gasteiger partial charge in [-0.05, 0) is 18.1 Å². The average molecular weight is 223 g/mol. The number of halogens is 1. The maximum atomic E-state index is 13.0. The zero-order chi connectivity index (χ0) is 12.0. The molecule has 1 aromatic carbocycles. The lowest BCUT2D eigenvalue weighted by molar-refractivity contribution is -0.139. The maximum Gasteiger partial charge on any atom is 0.321 e. The van der Waals surface area contributed by atoms with E-state index in [1.165, 1.54) is 0 Å². The van der Waals surface area contributed by atoms with Gasteiger partial charge in [-0.25, -0.2) is 4.39 Å². The molecule has 0 saturated heterocycles. The van der Waals surface area contributed by atoms with Gasteiger partial charge < -0.3 is 5.11 Å². The fraction of sp³-hybridized carbons (Fsp3) is 0.250. The Labute approximate surface area is 93.6 Å². The summed E-state index contributed by atoms with van der Waals surface area (Å²) in [5.74, 6) is -1.08. The molecule has 0 bridgehead atoms. The first-order valence-corrected chi connectivity index (χ1v) is 4.93. The molecule has 3 nitrogen and oxygen atoms in total. The fourth-order valence-electron chi connectivity index (χ4n) is 1.33. The minimum atomic E-state index is -1.51. The van der Waals surface area contributed by atoms with Crippen LogP contribution in [0.25, 0.3) is 0 Å². The zero-order valence-corrected chi connectivity index (χ0v) is 8.77. The summed E-state index contributed by atoms with van der Waals surface area (Å²) in [6.07, 6.45) is -0.240. The standard InChI is InChI=1S/C12H14FNO2/c1-2-11(13)14-10(12(15)16)8-9-6-4-3-5-7-9/h2-7,10-11,14H,1,8H2,(H,15,16)/t10-,11?/m1/s1. The zero-order valence-electron chi connectivity index (χ0n) is 8.77. The van der Waals surface area contributed by atoms with E-state index < -0.39 is 18.3 Å². The average Bonchev–Trinajstić information content (AvgIpc) is 2.29. The third kappa shape index (κ3) is 3.82. The van der Waals surface area contributed by atoms with Gasteiger partial charge in [0.25, 0.3) is 0 Å². The second-order valence-electron chi connectivity index (χ2n) is 3.38. The van der Waals surface area contributed by atoms with Gasteiger partial charge in [-0.2, -0.15) is 0 Å². The number of carbonyl (C=O) groups is 1. The van der Waals surface area contributed by atoms with Crippen LogP contribution in [0.1, 0.15) is 5.56 Å². The van der Waals surface area contributed by atoms with E-state index >= 15 is 0 Å². The normalized spacial score (nSPS) is 14.1. The molecule has 4 heteroatoms. The fourth-order valence-corrected chi connectivity index (χ4v) is 1.33. The smallest absolute Gasteiger partial charge is 0.321 e. The van der Waals surface area contributed by atoms with Crippen molar-refractivity contribution in [2.45, 2.75) is 18.8 Å². The van der Waals surface area contributed by atoms with Gasteiger partial charge in [-0.1, -0.05) is 36.9 Å². The quantitative estimate of drug-likeness (QED) is 0.570. The lowest BCUT2D eigenvalue weighted by atomic mass is 10.1. The van der Waals surface area contributed by atoms with Crippen molar-refractivity contribution in [3.8, 4) is 0 Å². The summed E-state index contributed by atoms with van der Waals surface area (Å²) in [5, 5.41) is 11.2. The summed E-state index contributed by atoms with van der Waals surface area (Å²) in [4.78, 5) is 10.9. The molecule has 0 saturated carbocycles. The van der Waals surface area contributed by atoms with Gasteiger partial charge in [0, 0.05) is 0 Å². The predicted octanol–water partition coefficient (Wildman–Crippen LogP) is 1.75. The first-order chi connectivity index (χ1) is 7.63. The molecule has 0 radical (unpaired) electrons. The van der Waals surface area contributed by atoms with Gasteiger partial charge in [0.05, 0.1) is 0 Å². The van der Waals surface area contributed by atoms with Crippen molar-refractivity contribution in [3.05, 3.63) is 48.6 Å². The van der Waals surface area contributed by atoms with Crippen molar-refractivity contribution in [1.29, 1.82) is 0 Å². The summed E-state index contributed by atoms with van der Waals surface area (Å²) in [6, 6.07) is 8.13. The topological polar surface area (TPSA) is 49.3 Å². The van der Waals surface area contributed by atoms with Gasteiger partial charge in [-0.15, -0.1) is 0 Å². The Morgan fingerprint density at radius 3 is 2.62 bits per heavy atom. The first-order valence-electron chi connectivity index (χ1n) is 4.93. The second kappa shape index (κ2) is 6.02. The van der Waals surface area contributed by atoms with Crippen LogP contribution < -0.4 is 5.32 Å². The lowest BCUT2D eigenvalue weighted by Crippen LogP contribution is -2.42. The van der Waals surface area contributed by atoms with Crippen molar-refractivity contribution < 1.29 is 14.3 Å². The summed E-state index contributed by atoms with van der Waals surface area (Å²) in [6.45, 7) is 3.25. The van der Waals surface area contributed by atoms with E-state index in [9.17, 15) is 9.18 Å². The Hall–Kier alpha value is -1.68. The van der Waals surface area contributed by atoms with Crippen LogP contribution in [0.15, 0.2) is 43.0 Å². The Kier molecular flexibility index (Phi) is 4.66. The molecule has 0 aliphatic heterocycles. The van der Waals surface area contributed by atoms with Crippen LogP contribution in [0.2, 0.25) is 0 Å². The molecular formula is C12H14FNO2. The van der Waals surface area contributed by atoms with Crippen molar-refractivity contribution in [1.82, 2.24) is 5.32 Å². The molecule has 0 spiro atoms. The van der Waals surface area contributed by atoms with Crippen LogP contribution in [0, 0.1) is 0 Å². The number of aliphatic carboxylic acids is 1. The Morgan fingerprint density at radius 2 is 2.12 bits per heavy atom. The molecule has 1 unspecified atom stereocenters. The summed E-state index contributed by atoms with van der Waals surface area (Å²) >= 11 is 0. The minimum Gasteiger partial charge on any atom is -0.480 e. The number of carboxylic acids is 1. The summed E-state index contributed by atoms with van der Waals surface area (Å²) in [5.41, 5.74) is 0.846. The third-order valence-corrected chi connectivity index (χ3v) is 2.15. The molecule has 0 aliphatic rings. The Morgan fingerprint density at radius 1 is 1.50 bits per heavy atom. The highest BCUT2D eigenvalue weighted by Crippen LogP contribution is 2.04. The maximum absolute atomic E-state index is 13.0. The summed E-state index contributed by atoms with van der Waals surface area (Å²) < 4.78 is 13.0. The van der Waals surface area contributed by atoms with E-state index in [1.807, 2.05) is 18.2 Å². The third-order valence-electron chi connectivity index (χ3n) is 2.15. The van der Waals surface area contributed by atoms with E-state index in [2.05, 4.69) is 11.9 Å². The number of alkyl halides is 1. The van der Waals surface area contributed by atoms with Gasteiger partial charge in [0.15, 0.2) is 6.30 Å². The highest BCUT2D eigenvalue weighted by Gasteiger charge is 2.19. The molecule has 2 N–H and O–H groups in total.